The quantitative estimate of drug-likeness (QED) is 0.666. The molecule has 1 aromatic rings. The van der Waals surface area contributed by atoms with Gasteiger partial charge in [-0.25, -0.2) is 0 Å². The van der Waals surface area contributed by atoms with Gasteiger partial charge < -0.3 is 10.0 Å². The predicted molar refractivity (Wildman–Crippen MR) is 74.0 cm³/mol. The van der Waals surface area contributed by atoms with E-state index in [2.05, 4.69) is 0 Å². The highest BCUT2D eigenvalue weighted by Gasteiger charge is 2.54. The molecule has 0 bridgehead atoms. The number of nitro benzene ring substituents is 1. The highest BCUT2D eigenvalue weighted by Crippen LogP contribution is 2.38. The summed E-state index contributed by atoms with van der Waals surface area (Å²) < 4.78 is 38.2. The lowest BCUT2D eigenvalue weighted by atomic mass is 9.90. The van der Waals surface area contributed by atoms with Crippen LogP contribution in [-0.4, -0.2) is 45.7 Å². The predicted octanol–water partition coefficient (Wildman–Crippen LogP) is 2.43. The van der Waals surface area contributed by atoms with Crippen molar-refractivity contribution in [2.75, 3.05) is 13.1 Å². The Morgan fingerprint density at radius 3 is 2.35 bits per heavy atom. The Balaban J connectivity index is 2.13. The SMILES string of the molecule is Cc1cc([N+](=O)[O-])ccc1C(=O)N1CCC(O)(C(F)(F)F)CC1. The number of alkyl halides is 3. The number of carbonyl (C=O) groups excluding carboxylic acids is 1. The van der Waals surface area contributed by atoms with Gasteiger partial charge in [0, 0.05) is 43.6 Å². The molecule has 1 fully saturated rings. The Morgan fingerprint density at radius 1 is 1.35 bits per heavy atom. The molecule has 1 aliphatic heterocycles. The van der Waals surface area contributed by atoms with Crippen LogP contribution >= 0.6 is 0 Å². The molecule has 6 nitrogen and oxygen atoms in total. The third-order valence-corrected chi connectivity index (χ3v) is 4.06. The summed E-state index contributed by atoms with van der Waals surface area (Å²) in [5.41, 5.74) is -2.35. The number of halogens is 3. The number of carbonyl (C=O) groups is 1. The first-order valence-corrected chi connectivity index (χ1v) is 6.88. The summed E-state index contributed by atoms with van der Waals surface area (Å²) in [7, 11) is 0. The van der Waals surface area contributed by atoms with E-state index in [0.29, 0.717) is 5.56 Å². The summed E-state index contributed by atoms with van der Waals surface area (Å²) in [6.45, 7) is 1.06. The number of amides is 1. The third kappa shape index (κ3) is 3.29. The molecule has 1 amide bonds. The molecular weight excluding hydrogens is 317 g/mol. The zero-order chi connectivity index (χ0) is 17.4. The zero-order valence-corrected chi connectivity index (χ0v) is 12.3. The monoisotopic (exact) mass is 332 g/mol. The molecule has 2 rings (SSSR count). The van der Waals surface area contributed by atoms with Crippen LogP contribution in [0.4, 0.5) is 18.9 Å². The summed E-state index contributed by atoms with van der Waals surface area (Å²) in [6, 6.07) is 3.71. The van der Waals surface area contributed by atoms with Crippen molar-refractivity contribution in [1.82, 2.24) is 4.90 Å². The average Bonchev–Trinajstić information content (AvgIpc) is 2.46. The van der Waals surface area contributed by atoms with Crippen LogP contribution in [0, 0.1) is 17.0 Å². The van der Waals surface area contributed by atoms with E-state index in [1.54, 1.807) is 0 Å². The summed E-state index contributed by atoms with van der Waals surface area (Å²) in [5, 5.41) is 20.3. The van der Waals surface area contributed by atoms with Gasteiger partial charge in [-0.2, -0.15) is 13.2 Å². The van der Waals surface area contributed by atoms with Crippen LogP contribution in [-0.2, 0) is 0 Å². The van der Waals surface area contributed by atoms with Crippen molar-refractivity contribution in [1.29, 1.82) is 0 Å². The standard InChI is InChI=1S/C14H15F3N2O4/c1-9-8-10(19(22)23)2-3-11(9)12(20)18-6-4-13(21,5-7-18)14(15,16)17/h2-3,8,21H,4-7H2,1H3. The van der Waals surface area contributed by atoms with Crippen LogP contribution in [0.15, 0.2) is 18.2 Å². The second kappa shape index (κ2) is 5.80. The van der Waals surface area contributed by atoms with Gasteiger partial charge in [0.1, 0.15) is 0 Å². The fourth-order valence-electron chi connectivity index (χ4n) is 2.53. The van der Waals surface area contributed by atoms with Crippen molar-refractivity contribution in [3.63, 3.8) is 0 Å². The minimum atomic E-state index is -4.73. The van der Waals surface area contributed by atoms with Crippen molar-refractivity contribution in [3.8, 4) is 0 Å². The number of benzene rings is 1. The van der Waals surface area contributed by atoms with Crippen LogP contribution in [0.25, 0.3) is 0 Å². The number of aryl methyl sites for hydroxylation is 1. The first-order valence-electron chi connectivity index (χ1n) is 6.88. The van der Waals surface area contributed by atoms with Crippen LogP contribution in [0.1, 0.15) is 28.8 Å². The number of hydrogen-bond acceptors (Lipinski definition) is 4. The maximum atomic E-state index is 12.7. The highest BCUT2D eigenvalue weighted by molar-refractivity contribution is 5.96. The van der Waals surface area contributed by atoms with E-state index in [9.17, 15) is 33.2 Å². The normalized spacial score (nSPS) is 17.9. The zero-order valence-electron chi connectivity index (χ0n) is 12.3. The number of nitro groups is 1. The molecule has 1 aromatic carbocycles. The molecule has 1 saturated heterocycles. The number of aliphatic hydroxyl groups is 1. The molecule has 0 aliphatic carbocycles. The van der Waals surface area contributed by atoms with Crippen molar-refractivity contribution in [2.24, 2.45) is 0 Å². The smallest absolute Gasteiger partial charge is 0.380 e. The second-order valence-corrected chi connectivity index (χ2v) is 5.58. The van der Waals surface area contributed by atoms with Crippen molar-refractivity contribution < 1.29 is 28.0 Å². The molecule has 0 spiro atoms. The van der Waals surface area contributed by atoms with Gasteiger partial charge in [0.2, 0.25) is 0 Å². The molecular formula is C14H15F3N2O4. The minimum Gasteiger partial charge on any atom is -0.380 e. The Kier molecular flexibility index (Phi) is 4.34. The van der Waals surface area contributed by atoms with Gasteiger partial charge in [-0.15, -0.1) is 0 Å². The Labute approximate surface area is 129 Å². The lowest BCUT2D eigenvalue weighted by Gasteiger charge is -2.39. The number of rotatable bonds is 2. The van der Waals surface area contributed by atoms with E-state index < -0.39 is 35.4 Å². The molecule has 126 valence electrons. The molecule has 23 heavy (non-hydrogen) atoms. The molecule has 1 heterocycles. The minimum absolute atomic E-state index is 0.163. The van der Waals surface area contributed by atoms with Crippen molar-refractivity contribution >= 4 is 11.6 Å². The molecule has 1 N–H and O–H groups in total. The Hall–Kier alpha value is -2.16. The van der Waals surface area contributed by atoms with Crippen LogP contribution in [0.5, 0.6) is 0 Å². The molecule has 9 heteroatoms. The number of hydrogen-bond donors (Lipinski definition) is 1. The fraction of sp³-hybridized carbons (Fsp3) is 0.500. The summed E-state index contributed by atoms with van der Waals surface area (Å²) >= 11 is 0. The van der Waals surface area contributed by atoms with Gasteiger partial charge in [-0.1, -0.05) is 0 Å². The average molecular weight is 332 g/mol. The molecule has 0 radical (unpaired) electrons. The number of non-ortho nitro benzene ring substituents is 1. The van der Waals surface area contributed by atoms with Gasteiger partial charge in [0.15, 0.2) is 5.60 Å². The van der Waals surface area contributed by atoms with Gasteiger partial charge in [-0.3, -0.25) is 14.9 Å². The fourth-order valence-corrected chi connectivity index (χ4v) is 2.53. The lowest BCUT2D eigenvalue weighted by molar-refractivity contribution is -0.384. The van der Waals surface area contributed by atoms with Gasteiger partial charge >= 0.3 is 6.18 Å². The van der Waals surface area contributed by atoms with Crippen molar-refractivity contribution in [2.45, 2.75) is 31.5 Å². The molecule has 1 aliphatic rings. The van der Waals surface area contributed by atoms with Gasteiger partial charge in [0.05, 0.1) is 4.92 Å². The summed E-state index contributed by atoms with van der Waals surface area (Å²) in [4.78, 5) is 23.7. The largest absolute Gasteiger partial charge is 0.417 e. The second-order valence-electron chi connectivity index (χ2n) is 5.58. The van der Waals surface area contributed by atoms with Gasteiger partial charge in [-0.05, 0) is 18.6 Å². The maximum absolute atomic E-state index is 12.7. The third-order valence-electron chi connectivity index (χ3n) is 4.06. The first kappa shape index (κ1) is 17.2. The molecule has 0 saturated carbocycles. The molecule has 0 aromatic heterocycles. The van der Waals surface area contributed by atoms with E-state index in [1.165, 1.54) is 30.0 Å². The van der Waals surface area contributed by atoms with Crippen molar-refractivity contribution in [3.05, 3.63) is 39.4 Å². The van der Waals surface area contributed by atoms with E-state index in [1.807, 2.05) is 0 Å². The molecule has 0 unspecified atom stereocenters. The number of nitrogens with zero attached hydrogens (tertiary/aromatic N) is 2. The lowest BCUT2D eigenvalue weighted by Crippen LogP contribution is -2.54. The topological polar surface area (TPSA) is 83.7 Å². The van der Waals surface area contributed by atoms with Crippen LogP contribution in [0.2, 0.25) is 0 Å². The first-order chi connectivity index (χ1) is 10.5. The Morgan fingerprint density at radius 2 is 1.91 bits per heavy atom. The number of likely N-dealkylation sites (tertiary alicyclic amines) is 1. The van der Waals surface area contributed by atoms with E-state index >= 15 is 0 Å². The summed E-state index contributed by atoms with van der Waals surface area (Å²) in [6.07, 6.45) is -5.91. The summed E-state index contributed by atoms with van der Waals surface area (Å²) in [5.74, 6) is -0.498. The van der Waals surface area contributed by atoms with Gasteiger partial charge in [0.25, 0.3) is 11.6 Å². The van der Waals surface area contributed by atoms with E-state index in [-0.39, 0.29) is 24.3 Å². The van der Waals surface area contributed by atoms with E-state index in [4.69, 9.17) is 0 Å². The van der Waals surface area contributed by atoms with Crippen LogP contribution < -0.4 is 0 Å². The number of piperidine rings is 1. The molecule has 0 atom stereocenters. The van der Waals surface area contributed by atoms with E-state index in [0.717, 1.165) is 0 Å². The maximum Gasteiger partial charge on any atom is 0.417 e. The Bertz CT molecular complexity index is 637. The highest BCUT2D eigenvalue weighted by atomic mass is 19.4. The van der Waals surface area contributed by atoms with Crippen LogP contribution in [0.3, 0.4) is 0 Å².